The van der Waals surface area contributed by atoms with E-state index in [0.29, 0.717) is 12.1 Å². The summed E-state index contributed by atoms with van der Waals surface area (Å²) in [6, 6.07) is 1.04. The second-order valence-electron chi connectivity index (χ2n) is 6.96. The van der Waals surface area contributed by atoms with Crippen LogP contribution in [0.2, 0.25) is 0 Å². The minimum Gasteiger partial charge on any atom is -0.368 e. The fourth-order valence-corrected chi connectivity index (χ4v) is 3.72. The molecule has 0 aromatic carbocycles. The lowest BCUT2D eigenvalue weighted by Crippen LogP contribution is -2.61. The first-order valence-electron chi connectivity index (χ1n) is 8.29. The van der Waals surface area contributed by atoms with Crippen molar-refractivity contribution in [3.8, 4) is 0 Å². The molecule has 4 nitrogen and oxygen atoms in total. The number of nitrogens with zero attached hydrogens (tertiary/aromatic N) is 1. The van der Waals surface area contributed by atoms with E-state index in [2.05, 4.69) is 31.0 Å². The van der Waals surface area contributed by atoms with Crippen LogP contribution in [0.15, 0.2) is 0 Å². The molecule has 2 fully saturated rings. The average molecular weight is 281 g/mol. The zero-order valence-corrected chi connectivity index (χ0v) is 13.3. The number of carbonyl (C=O) groups is 1. The number of hydrogen-bond donors (Lipinski definition) is 2. The number of amides is 1. The van der Waals surface area contributed by atoms with E-state index in [1.165, 1.54) is 25.8 Å². The molecule has 0 spiro atoms. The molecule has 2 unspecified atom stereocenters. The van der Waals surface area contributed by atoms with E-state index in [9.17, 15) is 4.79 Å². The number of rotatable bonds is 7. The van der Waals surface area contributed by atoms with Crippen molar-refractivity contribution in [3.05, 3.63) is 0 Å². The van der Waals surface area contributed by atoms with Gasteiger partial charge in [0.05, 0.1) is 5.54 Å². The zero-order chi connectivity index (χ0) is 14.8. The Bertz CT molecular complexity index is 337. The third kappa shape index (κ3) is 3.53. The van der Waals surface area contributed by atoms with Crippen LogP contribution in [0.25, 0.3) is 0 Å². The van der Waals surface area contributed by atoms with E-state index in [-0.39, 0.29) is 5.91 Å². The van der Waals surface area contributed by atoms with Gasteiger partial charge in [-0.05, 0) is 64.8 Å². The minimum absolute atomic E-state index is 0.167. The van der Waals surface area contributed by atoms with Crippen LogP contribution < -0.4 is 11.1 Å². The molecule has 116 valence electrons. The summed E-state index contributed by atoms with van der Waals surface area (Å²) in [6.07, 6.45) is 6.82. The van der Waals surface area contributed by atoms with Crippen LogP contribution in [-0.4, -0.2) is 41.5 Å². The summed E-state index contributed by atoms with van der Waals surface area (Å²) in [7, 11) is 0. The Morgan fingerprint density at radius 3 is 2.60 bits per heavy atom. The fourth-order valence-electron chi connectivity index (χ4n) is 3.72. The van der Waals surface area contributed by atoms with E-state index in [1.807, 2.05) is 0 Å². The van der Waals surface area contributed by atoms with Gasteiger partial charge in [-0.3, -0.25) is 9.69 Å². The summed E-state index contributed by atoms with van der Waals surface area (Å²) in [5.41, 5.74) is 5.24. The van der Waals surface area contributed by atoms with Gasteiger partial charge in [0.2, 0.25) is 5.91 Å². The summed E-state index contributed by atoms with van der Waals surface area (Å²) in [5.74, 6) is 0.723. The summed E-state index contributed by atoms with van der Waals surface area (Å²) in [5, 5.41) is 3.39. The highest BCUT2D eigenvalue weighted by Gasteiger charge is 2.43. The lowest BCUT2D eigenvalue weighted by atomic mass is 9.77. The Labute approximate surface area is 123 Å². The van der Waals surface area contributed by atoms with Gasteiger partial charge in [0.25, 0.3) is 0 Å². The molecule has 1 amide bonds. The van der Waals surface area contributed by atoms with Gasteiger partial charge in [0.1, 0.15) is 0 Å². The van der Waals surface area contributed by atoms with Crippen molar-refractivity contribution in [1.29, 1.82) is 0 Å². The van der Waals surface area contributed by atoms with Crippen LogP contribution in [0.3, 0.4) is 0 Å². The number of hydrogen-bond acceptors (Lipinski definition) is 3. The van der Waals surface area contributed by atoms with Crippen LogP contribution in [0.4, 0.5) is 0 Å². The van der Waals surface area contributed by atoms with Gasteiger partial charge in [-0.15, -0.1) is 0 Å². The molecule has 4 heteroatoms. The Kier molecular flexibility index (Phi) is 5.08. The number of nitrogens with one attached hydrogen (secondary N) is 1. The maximum absolute atomic E-state index is 12.0. The Hall–Kier alpha value is -0.610. The topological polar surface area (TPSA) is 58.4 Å². The van der Waals surface area contributed by atoms with Gasteiger partial charge < -0.3 is 11.1 Å². The van der Waals surface area contributed by atoms with Gasteiger partial charge in [-0.25, -0.2) is 0 Å². The van der Waals surface area contributed by atoms with Crippen LogP contribution in [0, 0.1) is 5.92 Å². The van der Waals surface area contributed by atoms with Gasteiger partial charge >= 0.3 is 0 Å². The highest BCUT2D eigenvalue weighted by molar-refractivity contribution is 5.84. The summed E-state index contributed by atoms with van der Waals surface area (Å²) in [6.45, 7) is 8.61. The van der Waals surface area contributed by atoms with Crippen LogP contribution >= 0.6 is 0 Å². The predicted octanol–water partition coefficient (Wildman–Crippen LogP) is 1.88. The number of carbonyl (C=O) groups excluding carboxylic acids is 1. The monoisotopic (exact) mass is 281 g/mol. The molecule has 0 aromatic rings. The fraction of sp³-hybridized carbons (Fsp3) is 0.938. The molecule has 3 N–H and O–H groups in total. The third-order valence-electron chi connectivity index (χ3n) is 5.01. The molecule has 0 heterocycles. The van der Waals surface area contributed by atoms with E-state index < -0.39 is 5.54 Å². The number of nitrogens with two attached hydrogens (primary N) is 1. The highest BCUT2D eigenvalue weighted by Crippen LogP contribution is 2.36. The number of primary amides is 1. The van der Waals surface area contributed by atoms with Crippen molar-refractivity contribution >= 4 is 5.91 Å². The zero-order valence-electron chi connectivity index (χ0n) is 13.3. The molecule has 2 atom stereocenters. The average Bonchev–Trinajstić information content (AvgIpc) is 3.20. The van der Waals surface area contributed by atoms with Gasteiger partial charge in [0.15, 0.2) is 0 Å². The van der Waals surface area contributed by atoms with E-state index in [4.69, 9.17) is 5.73 Å². The first-order valence-corrected chi connectivity index (χ1v) is 8.29. The molecule has 0 radical (unpaired) electrons. The van der Waals surface area contributed by atoms with Crippen LogP contribution in [-0.2, 0) is 4.79 Å². The van der Waals surface area contributed by atoms with Crippen LogP contribution in [0.1, 0.15) is 59.3 Å². The van der Waals surface area contributed by atoms with Crippen molar-refractivity contribution in [2.24, 2.45) is 11.7 Å². The SMILES string of the molecule is CCNC1(C(N)=O)CCCC(N(CC2CC2)C(C)C)C1. The predicted molar refractivity (Wildman–Crippen MR) is 82.4 cm³/mol. The quantitative estimate of drug-likeness (QED) is 0.749. The van der Waals surface area contributed by atoms with Crippen molar-refractivity contribution in [1.82, 2.24) is 10.2 Å². The van der Waals surface area contributed by atoms with Gasteiger partial charge in [-0.2, -0.15) is 0 Å². The van der Waals surface area contributed by atoms with Crippen molar-refractivity contribution in [2.75, 3.05) is 13.1 Å². The highest BCUT2D eigenvalue weighted by atomic mass is 16.1. The minimum atomic E-state index is -0.478. The number of likely N-dealkylation sites (N-methyl/N-ethyl adjacent to an activating group) is 1. The molecule has 2 aliphatic rings. The van der Waals surface area contributed by atoms with Gasteiger partial charge in [-0.1, -0.05) is 6.92 Å². The summed E-state index contributed by atoms with van der Waals surface area (Å²) in [4.78, 5) is 14.6. The molecule has 2 rings (SSSR count). The first-order chi connectivity index (χ1) is 9.48. The maximum atomic E-state index is 12.0. The maximum Gasteiger partial charge on any atom is 0.237 e. The Morgan fingerprint density at radius 1 is 1.40 bits per heavy atom. The summed E-state index contributed by atoms with van der Waals surface area (Å²) >= 11 is 0. The smallest absolute Gasteiger partial charge is 0.237 e. The molecule has 2 aliphatic carbocycles. The summed E-state index contributed by atoms with van der Waals surface area (Å²) < 4.78 is 0. The normalized spacial score (nSPS) is 30.9. The van der Waals surface area contributed by atoms with Crippen molar-refractivity contribution in [3.63, 3.8) is 0 Å². The van der Waals surface area contributed by atoms with Crippen molar-refractivity contribution < 1.29 is 4.79 Å². The van der Waals surface area contributed by atoms with Gasteiger partial charge in [0, 0.05) is 18.6 Å². The van der Waals surface area contributed by atoms with Crippen molar-refractivity contribution in [2.45, 2.75) is 76.9 Å². The van der Waals surface area contributed by atoms with Crippen LogP contribution in [0.5, 0.6) is 0 Å². The standard InChI is InChI=1S/C16H31N3O/c1-4-18-16(15(17)20)9-5-6-14(10-16)19(12(2)3)11-13-7-8-13/h12-14,18H,4-11H2,1-3H3,(H2,17,20). The Balaban J connectivity index is 2.07. The third-order valence-corrected chi connectivity index (χ3v) is 5.01. The molecule has 0 saturated heterocycles. The molecule has 0 aliphatic heterocycles. The lowest BCUT2D eigenvalue weighted by molar-refractivity contribution is -0.127. The van der Waals surface area contributed by atoms with E-state index in [1.54, 1.807) is 0 Å². The molecule has 2 saturated carbocycles. The molecule has 0 aromatic heterocycles. The molecule has 20 heavy (non-hydrogen) atoms. The van der Waals surface area contributed by atoms with E-state index >= 15 is 0 Å². The first kappa shape index (κ1) is 15.8. The van der Waals surface area contributed by atoms with E-state index in [0.717, 1.165) is 31.7 Å². The second kappa shape index (κ2) is 6.44. The molecule has 0 bridgehead atoms. The largest absolute Gasteiger partial charge is 0.368 e. The molecular weight excluding hydrogens is 250 g/mol. The molecular formula is C16H31N3O. The lowest BCUT2D eigenvalue weighted by Gasteiger charge is -2.45. The Morgan fingerprint density at radius 2 is 2.10 bits per heavy atom. The second-order valence-corrected chi connectivity index (χ2v) is 6.96.